The molecule has 32 heavy (non-hydrogen) atoms. The molecular formula is C23H34N4O5. The molecule has 0 saturated heterocycles. The zero-order chi connectivity index (χ0) is 24.4. The molecule has 1 aliphatic rings. The molecule has 0 radical (unpaired) electrons. The first-order valence-electron chi connectivity index (χ1n) is 10.7. The number of nitrogens with zero attached hydrogens (tertiary/aromatic N) is 2. The van der Waals surface area contributed by atoms with Gasteiger partial charge >= 0.3 is 6.09 Å². The van der Waals surface area contributed by atoms with E-state index in [9.17, 15) is 19.2 Å². The first-order chi connectivity index (χ1) is 14.7. The van der Waals surface area contributed by atoms with Crippen LogP contribution in [-0.4, -0.2) is 59.5 Å². The van der Waals surface area contributed by atoms with Crippen molar-refractivity contribution in [3.63, 3.8) is 0 Å². The Kier molecular flexibility index (Phi) is 7.54. The van der Waals surface area contributed by atoms with Gasteiger partial charge in [0.2, 0.25) is 11.8 Å². The fraction of sp³-hybridized carbons (Fsp3) is 0.565. The van der Waals surface area contributed by atoms with Gasteiger partial charge in [-0.3, -0.25) is 24.2 Å². The molecule has 0 bridgehead atoms. The van der Waals surface area contributed by atoms with Crippen molar-refractivity contribution in [3.8, 4) is 0 Å². The average Bonchev–Trinajstić information content (AvgIpc) is 3.08. The highest BCUT2D eigenvalue weighted by Crippen LogP contribution is 2.33. The Labute approximate surface area is 189 Å². The number of carbonyl (C=O) groups excluding carboxylic acids is 4. The number of ether oxygens (including phenoxy) is 1. The van der Waals surface area contributed by atoms with Crippen LogP contribution in [0.4, 0.5) is 10.5 Å². The number of fused-ring (bicyclic) bond motifs is 1. The summed E-state index contributed by atoms with van der Waals surface area (Å²) in [5, 5.41) is 2.75. The summed E-state index contributed by atoms with van der Waals surface area (Å²) in [6.07, 6.45) is -0.316. The molecular weight excluding hydrogens is 412 g/mol. The van der Waals surface area contributed by atoms with Crippen LogP contribution >= 0.6 is 0 Å². The van der Waals surface area contributed by atoms with Crippen LogP contribution in [0.25, 0.3) is 0 Å². The lowest BCUT2D eigenvalue weighted by molar-refractivity contribution is -0.131. The zero-order valence-corrected chi connectivity index (χ0v) is 19.8. The first kappa shape index (κ1) is 25.2. The molecule has 0 aliphatic carbocycles. The second-order valence-electron chi connectivity index (χ2n) is 9.46. The van der Waals surface area contributed by atoms with Crippen molar-refractivity contribution in [1.29, 1.82) is 0 Å². The number of nitrogens with two attached hydrogens (primary N) is 1. The third-order valence-electron chi connectivity index (χ3n) is 5.41. The lowest BCUT2D eigenvalue weighted by atomic mass is 10.0. The topological polar surface area (TPSA) is 122 Å². The molecule has 176 valence electrons. The Morgan fingerprint density at radius 3 is 2.28 bits per heavy atom. The van der Waals surface area contributed by atoms with Gasteiger partial charge in [-0.1, -0.05) is 32.0 Å². The van der Waals surface area contributed by atoms with Gasteiger partial charge in [-0.25, -0.2) is 4.79 Å². The molecule has 1 heterocycles. The minimum Gasteiger partial charge on any atom is -0.444 e. The molecule has 1 aromatic carbocycles. The number of amides is 4. The van der Waals surface area contributed by atoms with E-state index in [0.29, 0.717) is 12.1 Å². The van der Waals surface area contributed by atoms with Gasteiger partial charge in [0, 0.05) is 19.2 Å². The van der Waals surface area contributed by atoms with Gasteiger partial charge in [0.25, 0.3) is 5.91 Å². The van der Waals surface area contributed by atoms with Gasteiger partial charge < -0.3 is 15.8 Å². The molecule has 9 nitrogen and oxygen atoms in total. The number of para-hydroxylation sites is 1. The van der Waals surface area contributed by atoms with Crippen molar-refractivity contribution in [2.24, 2.45) is 11.7 Å². The molecule has 1 aliphatic heterocycles. The second-order valence-corrected chi connectivity index (χ2v) is 9.46. The van der Waals surface area contributed by atoms with E-state index in [1.54, 1.807) is 53.7 Å². The standard InChI is InChI=1S/C23H34N4O5/c1-13(2)18(25-20(29)14(3)26(7)22(31)32-23(4,5)6)21(30)27-16-11-9-8-10-15(16)12-17(27)19(24)28/h8-11,13-14,17-18H,12H2,1-7H3,(H2,24,28)(H,25,29)/t14-,17-,18-/m0/s1. The maximum atomic E-state index is 13.5. The summed E-state index contributed by atoms with van der Waals surface area (Å²) in [4.78, 5) is 53.4. The quantitative estimate of drug-likeness (QED) is 0.690. The summed E-state index contributed by atoms with van der Waals surface area (Å²) >= 11 is 0. The Hall–Kier alpha value is -3.10. The zero-order valence-electron chi connectivity index (χ0n) is 19.8. The van der Waals surface area contributed by atoms with Crippen LogP contribution in [0.1, 0.15) is 47.1 Å². The average molecular weight is 447 g/mol. The van der Waals surface area contributed by atoms with E-state index in [4.69, 9.17) is 10.5 Å². The summed E-state index contributed by atoms with van der Waals surface area (Å²) < 4.78 is 5.31. The van der Waals surface area contributed by atoms with Crippen LogP contribution in [-0.2, 0) is 25.5 Å². The van der Waals surface area contributed by atoms with Gasteiger partial charge in [0.1, 0.15) is 23.7 Å². The van der Waals surface area contributed by atoms with Crippen LogP contribution in [0.2, 0.25) is 0 Å². The second kappa shape index (κ2) is 9.58. The Morgan fingerprint density at radius 1 is 1.16 bits per heavy atom. The third kappa shape index (κ3) is 5.57. The van der Waals surface area contributed by atoms with Crippen LogP contribution in [0.15, 0.2) is 24.3 Å². The van der Waals surface area contributed by atoms with Gasteiger partial charge in [0.05, 0.1) is 0 Å². The Bertz CT molecular complexity index is 893. The number of benzene rings is 1. The maximum absolute atomic E-state index is 13.5. The van der Waals surface area contributed by atoms with Gasteiger partial charge in [-0.2, -0.15) is 0 Å². The molecule has 4 amide bonds. The molecule has 3 N–H and O–H groups in total. The minimum atomic E-state index is -0.912. The fourth-order valence-electron chi connectivity index (χ4n) is 3.49. The normalized spacial score (nSPS) is 17.4. The minimum absolute atomic E-state index is 0.272. The van der Waals surface area contributed by atoms with Crippen molar-refractivity contribution >= 4 is 29.5 Å². The number of hydrogen-bond donors (Lipinski definition) is 2. The molecule has 0 unspecified atom stereocenters. The predicted octanol–water partition coefficient (Wildman–Crippen LogP) is 1.83. The van der Waals surface area contributed by atoms with Crippen LogP contribution in [0.3, 0.4) is 0 Å². The fourth-order valence-corrected chi connectivity index (χ4v) is 3.49. The monoisotopic (exact) mass is 446 g/mol. The summed E-state index contributed by atoms with van der Waals surface area (Å²) in [7, 11) is 1.46. The number of primary amides is 1. The van der Waals surface area contributed by atoms with E-state index in [1.165, 1.54) is 16.8 Å². The first-order valence-corrected chi connectivity index (χ1v) is 10.7. The van der Waals surface area contributed by atoms with Gasteiger partial charge in [-0.15, -0.1) is 0 Å². The smallest absolute Gasteiger partial charge is 0.410 e. The molecule has 0 fully saturated rings. The van der Waals surface area contributed by atoms with Gasteiger partial charge in [-0.05, 0) is 45.2 Å². The summed E-state index contributed by atoms with van der Waals surface area (Å²) in [5.74, 6) is -1.81. The Balaban J connectivity index is 2.22. The molecule has 0 saturated carbocycles. The lowest BCUT2D eigenvalue weighted by Gasteiger charge is -2.32. The number of nitrogens with one attached hydrogen (secondary N) is 1. The molecule has 2 rings (SSSR count). The van der Waals surface area contributed by atoms with Crippen molar-refractivity contribution in [3.05, 3.63) is 29.8 Å². The molecule has 9 heteroatoms. The van der Waals surface area contributed by atoms with E-state index in [0.717, 1.165) is 5.56 Å². The van der Waals surface area contributed by atoms with Gasteiger partial charge in [0.15, 0.2) is 0 Å². The summed E-state index contributed by atoms with van der Waals surface area (Å²) in [5.41, 5.74) is 6.33. The van der Waals surface area contributed by atoms with Crippen molar-refractivity contribution in [2.45, 2.75) is 71.7 Å². The van der Waals surface area contributed by atoms with Crippen LogP contribution in [0, 0.1) is 5.92 Å². The van der Waals surface area contributed by atoms with Crippen molar-refractivity contribution < 1.29 is 23.9 Å². The lowest BCUT2D eigenvalue weighted by Crippen LogP contribution is -2.58. The largest absolute Gasteiger partial charge is 0.444 e. The third-order valence-corrected chi connectivity index (χ3v) is 5.41. The number of carbonyl (C=O) groups is 4. The maximum Gasteiger partial charge on any atom is 0.410 e. The number of anilines is 1. The summed E-state index contributed by atoms with van der Waals surface area (Å²) in [6, 6.07) is 4.61. The molecule has 0 aromatic heterocycles. The molecule has 0 spiro atoms. The van der Waals surface area contributed by atoms with Crippen molar-refractivity contribution in [1.82, 2.24) is 10.2 Å². The molecule has 1 aromatic rings. The van der Waals surface area contributed by atoms with E-state index in [2.05, 4.69) is 5.32 Å². The summed E-state index contributed by atoms with van der Waals surface area (Å²) in [6.45, 7) is 10.4. The SMILES string of the molecule is CC(C)[C@H](NC(=O)[C@H](C)N(C)C(=O)OC(C)(C)C)C(=O)N1c2ccccc2C[C@H]1C(N)=O. The van der Waals surface area contributed by atoms with E-state index >= 15 is 0 Å². The Morgan fingerprint density at radius 2 is 1.75 bits per heavy atom. The predicted molar refractivity (Wildman–Crippen MR) is 121 cm³/mol. The highest BCUT2D eigenvalue weighted by atomic mass is 16.6. The number of rotatable bonds is 6. The molecule has 3 atom stereocenters. The van der Waals surface area contributed by atoms with E-state index < -0.39 is 47.5 Å². The highest BCUT2D eigenvalue weighted by molar-refractivity contribution is 6.06. The van der Waals surface area contributed by atoms with Crippen LogP contribution in [0.5, 0.6) is 0 Å². The highest BCUT2D eigenvalue weighted by Gasteiger charge is 2.41. The number of likely N-dealkylation sites (N-methyl/N-ethyl adjacent to an activating group) is 1. The van der Waals surface area contributed by atoms with Crippen molar-refractivity contribution in [2.75, 3.05) is 11.9 Å². The van der Waals surface area contributed by atoms with E-state index in [-0.39, 0.29) is 5.92 Å². The van der Waals surface area contributed by atoms with Crippen LogP contribution < -0.4 is 16.0 Å². The van der Waals surface area contributed by atoms with E-state index in [1.807, 2.05) is 12.1 Å². The number of hydrogen-bond acceptors (Lipinski definition) is 5.